The van der Waals surface area contributed by atoms with Crippen LogP contribution in [0.25, 0.3) is 0 Å². The Hall–Kier alpha value is -1.78. The molecule has 3 saturated carbocycles. The zero-order valence-corrected chi connectivity index (χ0v) is 18.3. The summed E-state index contributed by atoms with van der Waals surface area (Å²) >= 11 is 0. The van der Waals surface area contributed by atoms with Gasteiger partial charge in [0, 0.05) is 11.1 Å². The summed E-state index contributed by atoms with van der Waals surface area (Å²) in [7, 11) is -1.43. The fourth-order valence-corrected chi connectivity index (χ4v) is 8.62. The molecule has 0 saturated heterocycles. The lowest BCUT2D eigenvalue weighted by molar-refractivity contribution is -0.0862. The van der Waals surface area contributed by atoms with Gasteiger partial charge in [0.15, 0.2) is 0 Å². The van der Waals surface area contributed by atoms with E-state index in [0.717, 1.165) is 28.9 Å². The van der Waals surface area contributed by atoms with Gasteiger partial charge in [0.1, 0.15) is 0 Å². The molecule has 140 valence electrons. The van der Waals surface area contributed by atoms with E-state index in [-0.39, 0.29) is 0 Å². The van der Waals surface area contributed by atoms with E-state index in [0.29, 0.717) is 5.41 Å². The molecule has 0 aliphatic heterocycles. The molecule has 0 amide bonds. The summed E-state index contributed by atoms with van der Waals surface area (Å²) in [6, 6.07) is 20.8. The second kappa shape index (κ2) is 6.99. The second-order valence-corrected chi connectivity index (χ2v) is 14.8. The van der Waals surface area contributed by atoms with Gasteiger partial charge in [0.2, 0.25) is 0 Å². The van der Waals surface area contributed by atoms with Gasteiger partial charge in [0.05, 0.1) is 8.07 Å². The molecule has 2 aromatic carbocycles. The first-order valence-corrected chi connectivity index (χ1v) is 13.7. The van der Waals surface area contributed by atoms with E-state index in [2.05, 4.69) is 75.2 Å². The van der Waals surface area contributed by atoms with Gasteiger partial charge < -0.3 is 0 Å². The molecular weight excluding hydrogens is 340 g/mol. The van der Waals surface area contributed by atoms with Crippen LogP contribution in [-0.2, 0) is 0 Å². The quantitative estimate of drug-likeness (QED) is 0.453. The van der Waals surface area contributed by atoms with Gasteiger partial charge in [-0.1, -0.05) is 80.3 Å². The van der Waals surface area contributed by atoms with Gasteiger partial charge in [-0.3, -0.25) is 0 Å². The van der Waals surface area contributed by atoms with Crippen LogP contribution in [0.15, 0.2) is 54.6 Å². The van der Waals surface area contributed by atoms with Crippen LogP contribution >= 0.6 is 0 Å². The van der Waals surface area contributed by atoms with E-state index < -0.39 is 8.07 Å². The van der Waals surface area contributed by atoms with Crippen molar-refractivity contribution in [3.05, 3.63) is 65.7 Å². The molecule has 1 unspecified atom stereocenters. The molecule has 0 nitrogen and oxygen atoms in total. The van der Waals surface area contributed by atoms with E-state index in [1.165, 1.54) is 25.3 Å². The van der Waals surface area contributed by atoms with Crippen molar-refractivity contribution in [2.45, 2.75) is 52.2 Å². The Morgan fingerprint density at radius 2 is 1.48 bits per heavy atom. The van der Waals surface area contributed by atoms with Gasteiger partial charge in [-0.25, -0.2) is 0 Å². The van der Waals surface area contributed by atoms with Gasteiger partial charge >= 0.3 is 0 Å². The molecule has 0 N–H and O–H groups in total. The Morgan fingerprint density at radius 3 is 2.15 bits per heavy atom. The van der Waals surface area contributed by atoms with Crippen molar-refractivity contribution in [2.24, 2.45) is 23.2 Å². The van der Waals surface area contributed by atoms with Gasteiger partial charge in [-0.05, 0) is 66.7 Å². The van der Waals surface area contributed by atoms with Crippen LogP contribution in [0.2, 0.25) is 19.1 Å². The van der Waals surface area contributed by atoms with Crippen LogP contribution in [0, 0.1) is 35.0 Å². The average molecular weight is 373 g/mol. The highest BCUT2D eigenvalue weighted by Gasteiger charge is 2.53. The van der Waals surface area contributed by atoms with Crippen molar-refractivity contribution >= 4 is 13.3 Å². The van der Waals surface area contributed by atoms with Crippen LogP contribution in [-0.4, -0.2) is 8.07 Å². The Balaban J connectivity index is 1.47. The van der Waals surface area contributed by atoms with Gasteiger partial charge in [0.25, 0.3) is 0 Å². The summed E-state index contributed by atoms with van der Waals surface area (Å²) in [5.74, 6) is 9.59. The third-order valence-corrected chi connectivity index (χ3v) is 10.9. The zero-order valence-electron chi connectivity index (χ0n) is 17.3. The Bertz CT molecular complexity index is 852. The fourth-order valence-electron chi connectivity index (χ4n) is 5.51. The molecule has 2 aromatic rings. The molecule has 0 heterocycles. The lowest BCUT2D eigenvalue weighted by Gasteiger charge is -2.59. The highest BCUT2D eigenvalue weighted by atomic mass is 28.3. The minimum Gasteiger partial charge on any atom is -0.0654 e. The van der Waals surface area contributed by atoms with E-state index in [4.69, 9.17) is 0 Å². The molecule has 2 bridgehead atoms. The molecule has 0 radical (unpaired) electrons. The maximum Gasteiger partial charge on any atom is 0.0809 e. The summed E-state index contributed by atoms with van der Waals surface area (Å²) in [6.07, 6.45) is 4.43. The smallest absolute Gasteiger partial charge is 0.0654 e. The lowest BCUT2D eigenvalue weighted by Crippen LogP contribution is -2.52. The van der Waals surface area contributed by atoms with Crippen LogP contribution in [0.4, 0.5) is 0 Å². The standard InChI is InChI=1S/C26H32Si/c1-26(2)23-15-22(16-24(26)18-23)19-27(3,4)25-12-8-11-21(17-25)14-13-20-9-6-5-7-10-20/h5-12,17,22-24H,15-16,18-19H2,1-4H3/t22?,23-,24+. The van der Waals surface area contributed by atoms with Gasteiger partial charge in [-0.2, -0.15) is 0 Å². The molecule has 1 heteroatoms. The number of hydrogen-bond acceptors (Lipinski definition) is 0. The van der Waals surface area contributed by atoms with Crippen molar-refractivity contribution < 1.29 is 0 Å². The Labute approximate surface area is 166 Å². The normalized spacial score (nSPS) is 25.9. The first-order chi connectivity index (χ1) is 12.8. The second-order valence-electron chi connectivity index (χ2n) is 10.1. The van der Waals surface area contributed by atoms with E-state index in [9.17, 15) is 0 Å². The maximum atomic E-state index is 3.37. The van der Waals surface area contributed by atoms with Crippen LogP contribution in [0.5, 0.6) is 0 Å². The molecule has 3 aliphatic rings. The van der Waals surface area contributed by atoms with E-state index in [1.807, 2.05) is 18.2 Å². The first-order valence-electron chi connectivity index (χ1n) is 10.5. The van der Waals surface area contributed by atoms with E-state index >= 15 is 0 Å². The largest absolute Gasteiger partial charge is 0.0809 e. The monoisotopic (exact) mass is 372 g/mol. The third-order valence-electron chi connectivity index (χ3n) is 7.48. The first kappa shape index (κ1) is 18.6. The highest BCUT2D eigenvalue weighted by Crippen LogP contribution is 2.61. The average Bonchev–Trinajstić information content (AvgIpc) is 2.67. The van der Waals surface area contributed by atoms with Crippen molar-refractivity contribution in [1.82, 2.24) is 0 Å². The number of benzene rings is 2. The number of hydrogen-bond donors (Lipinski definition) is 0. The maximum absolute atomic E-state index is 3.37. The molecule has 3 atom stereocenters. The highest BCUT2D eigenvalue weighted by molar-refractivity contribution is 6.89. The van der Waals surface area contributed by atoms with Crippen molar-refractivity contribution in [3.63, 3.8) is 0 Å². The van der Waals surface area contributed by atoms with Crippen LogP contribution < -0.4 is 5.19 Å². The molecule has 3 aliphatic carbocycles. The predicted octanol–water partition coefficient (Wildman–Crippen LogP) is 6.07. The SMILES string of the molecule is CC1(C)[C@@H]2CC(C[Si](C)(C)c3cccc(C#Cc4ccccc4)c3)C[C@H]1C2. The minimum absolute atomic E-state index is 0.620. The molecule has 0 aromatic heterocycles. The lowest BCUT2D eigenvalue weighted by atomic mass is 9.47. The Morgan fingerprint density at radius 1 is 0.852 bits per heavy atom. The molecule has 0 spiro atoms. The zero-order chi connectivity index (χ0) is 19.1. The van der Waals surface area contributed by atoms with Crippen molar-refractivity contribution in [3.8, 4) is 11.8 Å². The van der Waals surface area contributed by atoms with Crippen LogP contribution in [0.1, 0.15) is 44.2 Å². The molecule has 27 heavy (non-hydrogen) atoms. The molecule has 3 fully saturated rings. The number of rotatable bonds is 3. The summed E-state index contributed by atoms with van der Waals surface area (Å²) in [5, 5.41) is 1.57. The minimum atomic E-state index is -1.43. The van der Waals surface area contributed by atoms with Crippen molar-refractivity contribution in [2.75, 3.05) is 0 Å². The molecule has 5 rings (SSSR count). The van der Waals surface area contributed by atoms with Crippen molar-refractivity contribution in [1.29, 1.82) is 0 Å². The third kappa shape index (κ3) is 3.78. The summed E-state index contributed by atoms with van der Waals surface area (Å²) in [4.78, 5) is 0. The predicted molar refractivity (Wildman–Crippen MR) is 119 cm³/mol. The van der Waals surface area contributed by atoms with Crippen LogP contribution in [0.3, 0.4) is 0 Å². The van der Waals surface area contributed by atoms with Gasteiger partial charge in [-0.15, -0.1) is 0 Å². The summed E-state index contributed by atoms with van der Waals surface area (Å²) < 4.78 is 0. The Kier molecular flexibility index (Phi) is 4.81. The topological polar surface area (TPSA) is 0 Å². The number of fused-ring (bicyclic) bond motifs is 2. The fraction of sp³-hybridized carbons (Fsp3) is 0.462. The summed E-state index contributed by atoms with van der Waals surface area (Å²) in [6.45, 7) is 10.1. The summed E-state index contributed by atoms with van der Waals surface area (Å²) in [5.41, 5.74) is 2.86. The molecular formula is C26H32Si. The van der Waals surface area contributed by atoms with E-state index in [1.54, 1.807) is 5.19 Å².